The molecular weight excluding hydrogens is 258 g/mol. The Labute approximate surface area is 98.4 Å². The molecule has 4 heteroatoms. The highest BCUT2D eigenvalue weighted by molar-refractivity contribution is 9.10. The molecule has 0 aromatic heterocycles. The van der Waals surface area contributed by atoms with E-state index in [0.29, 0.717) is 12.3 Å². The van der Waals surface area contributed by atoms with Crippen molar-refractivity contribution in [3.63, 3.8) is 0 Å². The first-order valence-corrected chi connectivity index (χ1v) is 5.66. The topological polar surface area (TPSA) is 55.5 Å². The van der Waals surface area contributed by atoms with E-state index in [1.54, 1.807) is 13.2 Å². The van der Waals surface area contributed by atoms with Crippen LogP contribution in [0.15, 0.2) is 16.6 Å². The van der Waals surface area contributed by atoms with Crippen molar-refractivity contribution in [3.8, 4) is 11.5 Å². The fourth-order valence-electron chi connectivity index (χ4n) is 1.59. The summed E-state index contributed by atoms with van der Waals surface area (Å²) in [6.07, 6.45) is 0.833. The molecule has 1 atom stereocenters. The van der Waals surface area contributed by atoms with Crippen LogP contribution in [0, 0.1) is 0 Å². The zero-order valence-corrected chi connectivity index (χ0v) is 10.5. The van der Waals surface area contributed by atoms with Crippen molar-refractivity contribution in [1.82, 2.24) is 0 Å². The zero-order valence-electron chi connectivity index (χ0n) is 8.96. The minimum absolute atomic E-state index is 0.202. The van der Waals surface area contributed by atoms with E-state index in [-0.39, 0.29) is 11.7 Å². The van der Waals surface area contributed by atoms with Crippen molar-refractivity contribution >= 4 is 15.9 Å². The highest BCUT2D eigenvalue weighted by atomic mass is 79.9. The summed E-state index contributed by atoms with van der Waals surface area (Å²) >= 11 is 3.42. The first-order chi connectivity index (χ1) is 7.11. The maximum Gasteiger partial charge on any atom is 0.162 e. The van der Waals surface area contributed by atoms with E-state index in [9.17, 15) is 5.11 Å². The molecule has 1 aromatic rings. The van der Waals surface area contributed by atoms with Crippen molar-refractivity contribution in [2.24, 2.45) is 5.73 Å². The number of hydrogen-bond acceptors (Lipinski definition) is 3. The van der Waals surface area contributed by atoms with Gasteiger partial charge in [0, 0.05) is 10.0 Å². The Kier molecular flexibility index (Phi) is 4.42. The van der Waals surface area contributed by atoms with Crippen LogP contribution in [0.25, 0.3) is 0 Å². The Morgan fingerprint density at radius 2 is 2.20 bits per heavy atom. The number of methoxy groups -OCH3 is 1. The molecule has 1 rings (SSSR count). The van der Waals surface area contributed by atoms with E-state index in [4.69, 9.17) is 10.5 Å². The predicted octanol–water partition coefficient (Wildman–Crippen LogP) is 2.62. The van der Waals surface area contributed by atoms with Crippen LogP contribution in [0.1, 0.15) is 24.8 Å². The summed E-state index contributed by atoms with van der Waals surface area (Å²) in [5.41, 5.74) is 6.37. The minimum Gasteiger partial charge on any atom is -0.504 e. The summed E-state index contributed by atoms with van der Waals surface area (Å²) in [5.74, 6) is 0.907. The van der Waals surface area contributed by atoms with Crippen LogP contribution in [0.2, 0.25) is 0 Å². The van der Waals surface area contributed by atoms with Crippen LogP contribution in [0.3, 0.4) is 0 Å². The van der Waals surface area contributed by atoms with Gasteiger partial charge in [0.2, 0.25) is 0 Å². The van der Waals surface area contributed by atoms with E-state index < -0.39 is 0 Å². The van der Waals surface area contributed by atoms with E-state index in [1.165, 1.54) is 0 Å². The molecule has 0 heterocycles. The standard InChI is InChI=1S/C11H16BrNO2/c1-7(5-6-13)10-8(12)3-4-9(15-2)11(10)14/h3-4,7,14H,5-6,13H2,1-2H3. The quantitative estimate of drug-likeness (QED) is 0.887. The number of nitrogens with two attached hydrogens (primary N) is 1. The van der Waals surface area contributed by atoms with Gasteiger partial charge in [-0.05, 0) is 31.0 Å². The lowest BCUT2D eigenvalue weighted by molar-refractivity contribution is 0.368. The maximum absolute atomic E-state index is 9.97. The summed E-state index contributed by atoms with van der Waals surface area (Å²) in [6, 6.07) is 3.61. The van der Waals surface area contributed by atoms with Crippen molar-refractivity contribution in [2.75, 3.05) is 13.7 Å². The highest BCUT2D eigenvalue weighted by Gasteiger charge is 2.17. The Balaban J connectivity index is 3.14. The summed E-state index contributed by atoms with van der Waals surface area (Å²) < 4.78 is 5.96. The number of phenolic OH excluding ortho intramolecular Hbond substituents is 1. The SMILES string of the molecule is COc1ccc(Br)c(C(C)CCN)c1O. The van der Waals surface area contributed by atoms with Gasteiger partial charge in [-0.15, -0.1) is 0 Å². The molecule has 1 unspecified atom stereocenters. The van der Waals surface area contributed by atoms with Gasteiger partial charge in [-0.1, -0.05) is 22.9 Å². The Morgan fingerprint density at radius 3 is 2.73 bits per heavy atom. The number of phenols is 1. The van der Waals surface area contributed by atoms with E-state index >= 15 is 0 Å². The molecule has 0 spiro atoms. The molecule has 0 radical (unpaired) electrons. The number of hydrogen-bond donors (Lipinski definition) is 2. The average molecular weight is 274 g/mol. The lowest BCUT2D eigenvalue weighted by Crippen LogP contribution is -2.05. The fraction of sp³-hybridized carbons (Fsp3) is 0.455. The number of benzene rings is 1. The first-order valence-electron chi connectivity index (χ1n) is 4.87. The molecule has 3 N–H and O–H groups in total. The third-order valence-corrected chi connectivity index (χ3v) is 3.13. The van der Waals surface area contributed by atoms with Gasteiger partial charge in [0.25, 0.3) is 0 Å². The summed E-state index contributed by atoms with van der Waals surface area (Å²) in [5, 5.41) is 9.97. The molecule has 84 valence electrons. The molecule has 0 amide bonds. The fourth-order valence-corrected chi connectivity index (χ4v) is 2.30. The van der Waals surface area contributed by atoms with E-state index in [0.717, 1.165) is 16.5 Å². The van der Waals surface area contributed by atoms with Gasteiger partial charge < -0.3 is 15.6 Å². The summed E-state index contributed by atoms with van der Waals surface area (Å²) in [6.45, 7) is 2.64. The van der Waals surface area contributed by atoms with Gasteiger partial charge in [-0.25, -0.2) is 0 Å². The lowest BCUT2D eigenvalue weighted by Gasteiger charge is -2.16. The van der Waals surface area contributed by atoms with Crippen LogP contribution in [0.4, 0.5) is 0 Å². The highest BCUT2D eigenvalue weighted by Crippen LogP contribution is 2.40. The molecular formula is C11H16BrNO2. The van der Waals surface area contributed by atoms with E-state index in [1.807, 2.05) is 13.0 Å². The first kappa shape index (κ1) is 12.3. The Morgan fingerprint density at radius 1 is 1.53 bits per heavy atom. The average Bonchev–Trinajstić information content (AvgIpc) is 2.18. The molecule has 0 fully saturated rings. The van der Waals surface area contributed by atoms with Crippen molar-refractivity contribution < 1.29 is 9.84 Å². The summed E-state index contributed by atoms with van der Waals surface area (Å²) in [7, 11) is 1.54. The van der Waals surface area contributed by atoms with Gasteiger partial charge in [0.05, 0.1) is 7.11 Å². The largest absolute Gasteiger partial charge is 0.504 e. The van der Waals surface area contributed by atoms with E-state index in [2.05, 4.69) is 15.9 Å². The normalized spacial score (nSPS) is 12.5. The lowest BCUT2D eigenvalue weighted by atomic mass is 9.96. The molecule has 0 saturated heterocycles. The maximum atomic E-state index is 9.97. The second-order valence-corrected chi connectivity index (χ2v) is 4.34. The van der Waals surface area contributed by atoms with Gasteiger partial charge in [0.1, 0.15) is 0 Å². The van der Waals surface area contributed by atoms with Crippen LogP contribution in [-0.4, -0.2) is 18.8 Å². The molecule has 0 saturated carbocycles. The monoisotopic (exact) mass is 273 g/mol. The number of halogens is 1. The van der Waals surface area contributed by atoms with Gasteiger partial charge >= 0.3 is 0 Å². The third-order valence-electron chi connectivity index (χ3n) is 2.44. The molecule has 3 nitrogen and oxygen atoms in total. The second kappa shape index (κ2) is 5.37. The molecule has 0 aliphatic carbocycles. The number of rotatable bonds is 4. The molecule has 0 aliphatic rings. The molecule has 0 aliphatic heterocycles. The molecule has 15 heavy (non-hydrogen) atoms. The van der Waals surface area contributed by atoms with Crippen LogP contribution < -0.4 is 10.5 Å². The van der Waals surface area contributed by atoms with Crippen molar-refractivity contribution in [2.45, 2.75) is 19.3 Å². The van der Waals surface area contributed by atoms with Gasteiger partial charge in [-0.2, -0.15) is 0 Å². The van der Waals surface area contributed by atoms with Crippen LogP contribution >= 0.6 is 15.9 Å². The zero-order chi connectivity index (χ0) is 11.4. The molecule has 1 aromatic carbocycles. The molecule has 0 bridgehead atoms. The summed E-state index contributed by atoms with van der Waals surface area (Å²) in [4.78, 5) is 0. The van der Waals surface area contributed by atoms with Crippen LogP contribution in [-0.2, 0) is 0 Å². The number of ether oxygens (including phenoxy) is 1. The Bertz CT molecular complexity index is 342. The van der Waals surface area contributed by atoms with Gasteiger partial charge in [-0.3, -0.25) is 0 Å². The van der Waals surface area contributed by atoms with Crippen LogP contribution in [0.5, 0.6) is 11.5 Å². The van der Waals surface area contributed by atoms with Crippen molar-refractivity contribution in [1.29, 1.82) is 0 Å². The minimum atomic E-state index is 0.202. The van der Waals surface area contributed by atoms with Crippen molar-refractivity contribution in [3.05, 3.63) is 22.2 Å². The predicted molar refractivity (Wildman–Crippen MR) is 64.4 cm³/mol. The van der Waals surface area contributed by atoms with Gasteiger partial charge in [0.15, 0.2) is 11.5 Å². The third kappa shape index (κ3) is 2.63. The number of aromatic hydroxyl groups is 1. The second-order valence-electron chi connectivity index (χ2n) is 3.49. The Hall–Kier alpha value is -0.740. The smallest absolute Gasteiger partial charge is 0.162 e.